The van der Waals surface area contributed by atoms with Crippen molar-refractivity contribution in [2.24, 2.45) is 0 Å². The molecule has 0 aromatic carbocycles. The lowest BCUT2D eigenvalue weighted by molar-refractivity contribution is 0.0945. The van der Waals surface area contributed by atoms with Crippen LogP contribution in [0.2, 0.25) is 0 Å². The summed E-state index contributed by atoms with van der Waals surface area (Å²) in [6.45, 7) is 3.54. The third-order valence-electron chi connectivity index (χ3n) is 2.85. The highest BCUT2D eigenvalue weighted by Gasteiger charge is 2.11. The lowest BCUT2D eigenvalue weighted by Crippen LogP contribution is -2.27. The lowest BCUT2D eigenvalue weighted by Gasteiger charge is -2.08. The Labute approximate surface area is 117 Å². The van der Waals surface area contributed by atoms with E-state index in [1.54, 1.807) is 17.4 Å². The van der Waals surface area contributed by atoms with Gasteiger partial charge in [-0.2, -0.15) is 0 Å². The van der Waals surface area contributed by atoms with Crippen LogP contribution in [0.1, 0.15) is 28.7 Å². The van der Waals surface area contributed by atoms with Crippen molar-refractivity contribution in [2.45, 2.75) is 26.3 Å². The van der Waals surface area contributed by atoms with Crippen LogP contribution in [-0.4, -0.2) is 17.0 Å². The number of hydrogen-bond acceptors (Lipinski definition) is 3. The Morgan fingerprint density at radius 1 is 1.53 bits per heavy atom. The summed E-state index contributed by atoms with van der Waals surface area (Å²) in [6.07, 6.45) is 3.66. The summed E-state index contributed by atoms with van der Waals surface area (Å²) in [5, 5.41) is 4.99. The first-order valence-electron chi connectivity index (χ1n) is 6.47. The van der Waals surface area contributed by atoms with Gasteiger partial charge in [0.2, 0.25) is 0 Å². The zero-order valence-corrected chi connectivity index (χ0v) is 11.9. The van der Waals surface area contributed by atoms with Crippen LogP contribution in [0.25, 0.3) is 0 Å². The van der Waals surface area contributed by atoms with Crippen molar-refractivity contribution >= 4 is 22.9 Å². The fraction of sp³-hybridized carbons (Fsp3) is 0.357. The van der Waals surface area contributed by atoms with Gasteiger partial charge in [-0.05, 0) is 30.4 Å². The number of nitrogens with one attached hydrogen (secondary N) is 1. The minimum atomic E-state index is -0.0540. The van der Waals surface area contributed by atoms with Crippen molar-refractivity contribution in [3.63, 3.8) is 0 Å². The van der Waals surface area contributed by atoms with E-state index in [0.29, 0.717) is 17.9 Å². The van der Waals surface area contributed by atoms with Gasteiger partial charge >= 0.3 is 0 Å². The van der Waals surface area contributed by atoms with E-state index in [1.807, 2.05) is 22.2 Å². The van der Waals surface area contributed by atoms with E-state index in [2.05, 4.69) is 18.3 Å². The minimum absolute atomic E-state index is 0.0540. The SMILES string of the molecule is CCCn1cc(N)cc1C(=O)NCCc1cccs1. The van der Waals surface area contributed by atoms with Gasteiger partial charge in [0, 0.05) is 24.2 Å². The summed E-state index contributed by atoms with van der Waals surface area (Å²) in [6, 6.07) is 5.83. The molecule has 0 aliphatic heterocycles. The molecule has 2 aromatic heterocycles. The van der Waals surface area contributed by atoms with Crippen LogP contribution in [0.5, 0.6) is 0 Å². The molecule has 2 rings (SSSR count). The van der Waals surface area contributed by atoms with E-state index in [1.165, 1.54) is 4.88 Å². The average molecular weight is 277 g/mol. The number of nitrogens with zero attached hydrogens (tertiary/aromatic N) is 1. The maximum atomic E-state index is 12.1. The topological polar surface area (TPSA) is 60.0 Å². The second-order valence-corrected chi connectivity index (χ2v) is 5.47. The normalized spacial score (nSPS) is 10.6. The van der Waals surface area contributed by atoms with E-state index in [9.17, 15) is 4.79 Å². The van der Waals surface area contributed by atoms with Crippen molar-refractivity contribution in [2.75, 3.05) is 12.3 Å². The van der Waals surface area contributed by atoms with Crippen molar-refractivity contribution in [3.05, 3.63) is 40.3 Å². The van der Waals surface area contributed by atoms with E-state index >= 15 is 0 Å². The summed E-state index contributed by atoms with van der Waals surface area (Å²) >= 11 is 1.71. The Balaban J connectivity index is 1.92. The standard InChI is InChI=1S/C14H19N3OS/c1-2-7-17-10-11(15)9-13(17)14(18)16-6-5-12-4-3-8-19-12/h3-4,8-10H,2,5-7,15H2,1H3,(H,16,18). The van der Waals surface area contributed by atoms with E-state index in [4.69, 9.17) is 5.73 Å². The van der Waals surface area contributed by atoms with Gasteiger partial charge in [-0.15, -0.1) is 11.3 Å². The average Bonchev–Trinajstić information content (AvgIpc) is 2.99. The number of rotatable bonds is 6. The van der Waals surface area contributed by atoms with Crippen molar-refractivity contribution in [1.29, 1.82) is 0 Å². The minimum Gasteiger partial charge on any atom is -0.397 e. The molecule has 5 heteroatoms. The Kier molecular flexibility index (Phi) is 4.63. The zero-order valence-electron chi connectivity index (χ0n) is 11.1. The molecule has 0 unspecified atom stereocenters. The summed E-state index contributed by atoms with van der Waals surface area (Å²) in [4.78, 5) is 13.4. The number of hydrogen-bond donors (Lipinski definition) is 2. The largest absolute Gasteiger partial charge is 0.397 e. The predicted octanol–water partition coefficient (Wildman–Crippen LogP) is 2.51. The monoisotopic (exact) mass is 277 g/mol. The number of aryl methyl sites for hydroxylation is 1. The van der Waals surface area contributed by atoms with E-state index in [0.717, 1.165) is 19.4 Å². The highest BCUT2D eigenvalue weighted by molar-refractivity contribution is 7.09. The quantitative estimate of drug-likeness (QED) is 0.852. The molecule has 2 aromatic rings. The number of thiophene rings is 1. The number of amides is 1. The van der Waals surface area contributed by atoms with Crippen LogP contribution in [0.4, 0.5) is 5.69 Å². The van der Waals surface area contributed by atoms with Crippen molar-refractivity contribution < 1.29 is 4.79 Å². The van der Waals surface area contributed by atoms with Gasteiger partial charge in [-0.1, -0.05) is 13.0 Å². The molecule has 0 fully saturated rings. The summed E-state index contributed by atoms with van der Waals surface area (Å²) in [5.74, 6) is -0.0540. The summed E-state index contributed by atoms with van der Waals surface area (Å²) < 4.78 is 1.91. The number of aromatic nitrogens is 1. The van der Waals surface area contributed by atoms with Crippen LogP contribution < -0.4 is 11.1 Å². The maximum Gasteiger partial charge on any atom is 0.267 e. The first kappa shape index (κ1) is 13.7. The zero-order chi connectivity index (χ0) is 13.7. The molecule has 19 heavy (non-hydrogen) atoms. The fourth-order valence-corrected chi connectivity index (χ4v) is 2.70. The summed E-state index contributed by atoms with van der Waals surface area (Å²) in [7, 11) is 0. The Morgan fingerprint density at radius 3 is 3.05 bits per heavy atom. The van der Waals surface area contributed by atoms with Crippen LogP contribution in [-0.2, 0) is 13.0 Å². The molecule has 0 bridgehead atoms. The Morgan fingerprint density at radius 2 is 2.37 bits per heavy atom. The molecule has 0 spiro atoms. The highest BCUT2D eigenvalue weighted by atomic mass is 32.1. The first-order valence-corrected chi connectivity index (χ1v) is 7.35. The van der Waals surface area contributed by atoms with Gasteiger partial charge in [0.1, 0.15) is 5.69 Å². The van der Waals surface area contributed by atoms with Gasteiger partial charge < -0.3 is 15.6 Å². The Hall–Kier alpha value is -1.75. The third kappa shape index (κ3) is 3.61. The van der Waals surface area contributed by atoms with Crippen LogP contribution in [0.3, 0.4) is 0 Å². The van der Waals surface area contributed by atoms with Gasteiger partial charge in [-0.25, -0.2) is 0 Å². The lowest BCUT2D eigenvalue weighted by atomic mass is 10.3. The third-order valence-corrected chi connectivity index (χ3v) is 3.79. The van der Waals surface area contributed by atoms with E-state index < -0.39 is 0 Å². The molecule has 0 aliphatic carbocycles. The molecule has 0 atom stereocenters. The molecule has 102 valence electrons. The van der Waals surface area contributed by atoms with Crippen molar-refractivity contribution in [3.8, 4) is 0 Å². The molecule has 1 amide bonds. The predicted molar refractivity (Wildman–Crippen MR) is 79.5 cm³/mol. The molecule has 3 N–H and O–H groups in total. The number of carbonyl (C=O) groups excluding carboxylic acids is 1. The van der Waals surface area contributed by atoms with Gasteiger partial charge in [0.15, 0.2) is 0 Å². The molecule has 2 heterocycles. The molecule has 0 saturated carbocycles. The number of nitrogens with two attached hydrogens (primary N) is 1. The van der Waals surface area contributed by atoms with Crippen LogP contribution in [0.15, 0.2) is 29.8 Å². The molecule has 0 aliphatic rings. The second-order valence-electron chi connectivity index (χ2n) is 4.44. The molecule has 0 radical (unpaired) electrons. The number of anilines is 1. The molecule has 0 saturated heterocycles. The Bertz CT molecular complexity index is 531. The van der Waals surface area contributed by atoms with E-state index in [-0.39, 0.29) is 5.91 Å². The van der Waals surface area contributed by atoms with Crippen LogP contribution >= 0.6 is 11.3 Å². The van der Waals surface area contributed by atoms with Gasteiger partial charge in [0.05, 0.1) is 5.69 Å². The number of nitrogen functional groups attached to an aromatic ring is 1. The highest BCUT2D eigenvalue weighted by Crippen LogP contribution is 2.12. The van der Waals surface area contributed by atoms with Crippen molar-refractivity contribution in [1.82, 2.24) is 9.88 Å². The number of carbonyl (C=O) groups is 1. The fourth-order valence-electron chi connectivity index (χ4n) is 1.99. The molecular weight excluding hydrogens is 258 g/mol. The maximum absolute atomic E-state index is 12.1. The molecular formula is C14H19N3OS. The molecule has 4 nitrogen and oxygen atoms in total. The summed E-state index contributed by atoms with van der Waals surface area (Å²) in [5.41, 5.74) is 7.03. The smallest absolute Gasteiger partial charge is 0.267 e. The second kappa shape index (κ2) is 6.43. The van der Waals surface area contributed by atoms with Crippen LogP contribution in [0, 0.1) is 0 Å². The van der Waals surface area contributed by atoms with Gasteiger partial charge in [0.25, 0.3) is 5.91 Å². The first-order chi connectivity index (χ1) is 9.20. The van der Waals surface area contributed by atoms with Gasteiger partial charge in [-0.3, -0.25) is 4.79 Å².